The largest absolute Gasteiger partial charge is 0.478 e. The van der Waals surface area contributed by atoms with E-state index in [2.05, 4.69) is 10.3 Å². The van der Waals surface area contributed by atoms with E-state index in [0.29, 0.717) is 17.8 Å². The molecule has 3 aromatic carbocycles. The number of fused-ring (bicyclic) bond motifs is 2. The third-order valence-electron chi connectivity index (χ3n) is 5.64. The fraction of sp³-hybridized carbons (Fsp3) is 0.120. The Balaban J connectivity index is 1.62. The third kappa shape index (κ3) is 3.59. The van der Waals surface area contributed by atoms with Crippen LogP contribution < -0.4 is 10.2 Å². The van der Waals surface area contributed by atoms with Crippen LogP contribution in [0.25, 0.3) is 22.6 Å². The minimum atomic E-state index is -1.22. The summed E-state index contributed by atoms with van der Waals surface area (Å²) in [6.07, 6.45) is 0.791. The van der Waals surface area contributed by atoms with Gasteiger partial charge in [-0.15, -0.1) is 0 Å². The van der Waals surface area contributed by atoms with E-state index in [0.717, 1.165) is 23.5 Å². The topological polar surface area (TPSA) is 113 Å². The lowest BCUT2D eigenvalue weighted by molar-refractivity contribution is 0.0696. The number of hydrogen-bond acceptors (Lipinski definition) is 6. The number of anilines is 2. The number of carboxylic acid groups (broad SMARTS) is 1. The smallest absolute Gasteiger partial charge is 0.335 e. The number of halogens is 2. The van der Waals surface area contributed by atoms with Gasteiger partial charge in [0.1, 0.15) is 5.52 Å². The van der Waals surface area contributed by atoms with E-state index in [-0.39, 0.29) is 39.4 Å². The maximum Gasteiger partial charge on any atom is 0.335 e. The van der Waals surface area contributed by atoms with Crippen LogP contribution >= 0.6 is 0 Å². The summed E-state index contributed by atoms with van der Waals surface area (Å²) in [4.78, 5) is 42.6. The van der Waals surface area contributed by atoms with Crippen LogP contribution in [-0.2, 0) is 0 Å². The van der Waals surface area contributed by atoms with Crippen LogP contribution in [0.1, 0.15) is 44.4 Å². The van der Waals surface area contributed by atoms with E-state index in [1.807, 2.05) is 6.92 Å². The molecule has 0 saturated heterocycles. The van der Waals surface area contributed by atoms with E-state index in [1.54, 1.807) is 12.1 Å². The van der Waals surface area contributed by atoms with Gasteiger partial charge in [0.25, 0.3) is 11.8 Å². The molecule has 0 aliphatic carbocycles. The van der Waals surface area contributed by atoms with E-state index >= 15 is 0 Å². The molecule has 0 unspecified atom stereocenters. The molecule has 5 rings (SSSR count). The Morgan fingerprint density at radius 3 is 2.54 bits per heavy atom. The highest BCUT2D eigenvalue weighted by molar-refractivity contribution is 6.34. The molecule has 1 aromatic heterocycles. The third-order valence-corrected chi connectivity index (χ3v) is 5.64. The van der Waals surface area contributed by atoms with E-state index in [4.69, 9.17) is 4.42 Å². The van der Waals surface area contributed by atoms with E-state index in [1.165, 1.54) is 24.3 Å². The predicted molar refractivity (Wildman–Crippen MR) is 123 cm³/mol. The Labute approximate surface area is 196 Å². The average Bonchev–Trinajstić information content (AvgIpc) is 3.39. The van der Waals surface area contributed by atoms with Crippen LogP contribution in [0.15, 0.2) is 52.9 Å². The Kier molecular flexibility index (Phi) is 5.28. The monoisotopic (exact) mass is 477 g/mol. The molecule has 8 nitrogen and oxygen atoms in total. The Morgan fingerprint density at radius 1 is 1.03 bits per heavy atom. The van der Waals surface area contributed by atoms with Gasteiger partial charge in [0.05, 0.1) is 27.9 Å². The fourth-order valence-corrected chi connectivity index (χ4v) is 3.92. The highest BCUT2D eigenvalue weighted by Gasteiger charge is 2.37. The van der Waals surface area contributed by atoms with Crippen molar-refractivity contribution >= 4 is 40.3 Å². The molecule has 4 aromatic rings. The second-order valence-electron chi connectivity index (χ2n) is 7.90. The summed E-state index contributed by atoms with van der Waals surface area (Å²) in [6.45, 7) is 2.54. The molecule has 176 valence electrons. The summed E-state index contributed by atoms with van der Waals surface area (Å²) in [5.74, 6) is -4.80. The van der Waals surface area contributed by atoms with E-state index < -0.39 is 29.4 Å². The van der Waals surface area contributed by atoms with Gasteiger partial charge in [0.2, 0.25) is 11.7 Å². The molecule has 1 aliphatic rings. The van der Waals surface area contributed by atoms with Crippen molar-refractivity contribution in [3.8, 4) is 11.5 Å². The number of rotatable bonds is 6. The number of carbonyl (C=O) groups is 3. The fourth-order valence-electron chi connectivity index (χ4n) is 3.92. The summed E-state index contributed by atoms with van der Waals surface area (Å²) in [6, 6.07) is 10.6. The maximum atomic E-state index is 14.2. The van der Waals surface area contributed by atoms with Crippen molar-refractivity contribution in [1.29, 1.82) is 0 Å². The van der Waals surface area contributed by atoms with Crippen molar-refractivity contribution in [2.75, 3.05) is 16.8 Å². The summed E-state index contributed by atoms with van der Waals surface area (Å²) in [5, 5.41) is 12.4. The predicted octanol–water partition coefficient (Wildman–Crippen LogP) is 5.09. The van der Waals surface area contributed by atoms with Crippen molar-refractivity contribution in [2.24, 2.45) is 0 Å². The normalized spacial score (nSPS) is 12.9. The Morgan fingerprint density at radius 2 is 1.80 bits per heavy atom. The van der Waals surface area contributed by atoms with Crippen molar-refractivity contribution in [2.45, 2.75) is 13.3 Å². The zero-order valence-electron chi connectivity index (χ0n) is 18.3. The number of carbonyl (C=O) groups excluding carboxylic acids is 2. The first-order chi connectivity index (χ1) is 16.8. The van der Waals surface area contributed by atoms with Crippen LogP contribution in [0.5, 0.6) is 0 Å². The summed E-state index contributed by atoms with van der Waals surface area (Å²) < 4.78 is 33.5. The molecule has 0 saturated carbocycles. The van der Waals surface area contributed by atoms with Gasteiger partial charge in [0, 0.05) is 12.2 Å². The number of carboxylic acids is 1. The molecule has 2 heterocycles. The highest BCUT2D eigenvalue weighted by Crippen LogP contribution is 2.37. The lowest BCUT2D eigenvalue weighted by atomic mass is 10.1. The number of amides is 2. The first kappa shape index (κ1) is 22.2. The van der Waals surface area contributed by atoms with Crippen molar-refractivity contribution in [1.82, 2.24) is 4.98 Å². The van der Waals surface area contributed by atoms with Gasteiger partial charge in [-0.3, -0.25) is 9.59 Å². The molecular formula is C25H17F2N3O5. The molecule has 10 heteroatoms. The molecule has 0 atom stereocenters. The molecule has 0 bridgehead atoms. The number of aromatic nitrogens is 1. The number of benzene rings is 3. The molecule has 0 fully saturated rings. The number of oxazole rings is 1. The van der Waals surface area contributed by atoms with Gasteiger partial charge in [0.15, 0.2) is 11.4 Å². The SMILES string of the molecule is CCCNc1ccc(N2C(=O)c3ccc(C(=O)O)cc3C2=O)cc1-c1nc2ccc(F)c(F)c2o1. The van der Waals surface area contributed by atoms with Crippen molar-refractivity contribution in [3.05, 3.63) is 76.9 Å². The molecule has 0 spiro atoms. The zero-order chi connectivity index (χ0) is 24.9. The van der Waals surface area contributed by atoms with Crippen LogP contribution in [0.2, 0.25) is 0 Å². The molecule has 2 N–H and O–H groups in total. The summed E-state index contributed by atoms with van der Waals surface area (Å²) in [5.41, 5.74) is 0.744. The van der Waals surface area contributed by atoms with Gasteiger partial charge in [-0.05, 0) is 55.0 Å². The van der Waals surface area contributed by atoms with Crippen LogP contribution in [0.4, 0.5) is 20.2 Å². The van der Waals surface area contributed by atoms with Crippen LogP contribution in [0, 0.1) is 11.6 Å². The Bertz CT molecular complexity index is 1550. The van der Waals surface area contributed by atoms with Gasteiger partial charge in [-0.25, -0.2) is 19.1 Å². The molecule has 2 amide bonds. The lowest BCUT2D eigenvalue weighted by Gasteiger charge is -2.17. The lowest BCUT2D eigenvalue weighted by Crippen LogP contribution is -2.29. The minimum Gasteiger partial charge on any atom is -0.478 e. The maximum absolute atomic E-state index is 14.2. The highest BCUT2D eigenvalue weighted by atomic mass is 19.2. The molecule has 0 radical (unpaired) electrons. The second kappa shape index (κ2) is 8.32. The number of nitrogens with zero attached hydrogens (tertiary/aromatic N) is 2. The number of nitrogens with one attached hydrogen (secondary N) is 1. The molecule has 35 heavy (non-hydrogen) atoms. The first-order valence-corrected chi connectivity index (χ1v) is 10.7. The first-order valence-electron chi connectivity index (χ1n) is 10.7. The van der Waals surface area contributed by atoms with Gasteiger partial charge >= 0.3 is 5.97 Å². The van der Waals surface area contributed by atoms with Gasteiger partial charge in [-0.2, -0.15) is 4.39 Å². The van der Waals surface area contributed by atoms with Crippen LogP contribution in [0.3, 0.4) is 0 Å². The zero-order valence-corrected chi connectivity index (χ0v) is 18.3. The summed E-state index contributed by atoms with van der Waals surface area (Å²) in [7, 11) is 0. The standard InChI is InChI=1S/C25H17F2N3O5/c1-2-9-28-18-7-4-13(11-16(18)22-29-19-8-6-17(26)20(27)21(19)35-22)30-23(31)14-5-3-12(25(33)34)10-15(14)24(30)32/h3-8,10-11,28H,2,9H2,1H3,(H,33,34). The van der Waals surface area contributed by atoms with Gasteiger partial charge in [-0.1, -0.05) is 6.92 Å². The molecule has 1 aliphatic heterocycles. The number of aromatic carboxylic acids is 1. The van der Waals surface area contributed by atoms with Gasteiger partial charge < -0.3 is 14.8 Å². The van der Waals surface area contributed by atoms with Crippen molar-refractivity contribution < 1.29 is 32.7 Å². The number of imide groups is 1. The average molecular weight is 477 g/mol. The van der Waals surface area contributed by atoms with Crippen molar-refractivity contribution in [3.63, 3.8) is 0 Å². The summed E-state index contributed by atoms with van der Waals surface area (Å²) >= 11 is 0. The van der Waals surface area contributed by atoms with E-state index in [9.17, 15) is 28.3 Å². The quantitative estimate of drug-likeness (QED) is 0.372. The minimum absolute atomic E-state index is 0.0240. The second-order valence-corrected chi connectivity index (χ2v) is 7.90. The molecular weight excluding hydrogens is 460 g/mol. The van der Waals surface area contributed by atoms with Crippen LogP contribution in [-0.4, -0.2) is 34.4 Å². The number of hydrogen-bond donors (Lipinski definition) is 2. The Hall–Kier alpha value is -4.60.